The number of amides is 2. The molecule has 0 heterocycles. The lowest BCUT2D eigenvalue weighted by Gasteiger charge is -2.32. The average molecular weight is 635 g/mol. The third-order valence-corrected chi connectivity index (χ3v) is 9.06. The summed E-state index contributed by atoms with van der Waals surface area (Å²) in [5.41, 5.74) is 2.41. The first-order valence-corrected chi connectivity index (χ1v) is 15.7. The van der Waals surface area contributed by atoms with Crippen LogP contribution >= 0.6 is 23.2 Å². The second-order valence-corrected chi connectivity index (χ2v) is 13.3. The Morgan fingerprint density at radius 1 is 0.929 bits per heavy atom. The van der Waals surface area contributed by atoms with Gasteiger partial charge < -0.3 is 15.0 Å². The molecule has 1 atom stereocenters. The molecular formula is C31H37Cl2N3O5S. The number of benzene rings is 3. The molecule has 0 saturated carbocycles. The van der Waals surface area contributed by atoms with E-state index in [0.29, 0.717) is 22.2 Å². The number of hydrogen-bond donors (Lipinski definition) is 1. The van der Waals surface area contributed by atoms with Crippen LogP contribution < -0.4 is 14.4 Å². The zero-order valence-electron chi connectivity index (χ0n) is 24.6. The number of nitrogens with zero attached hydrogens (tertiary/aromatic N) is 2. The lowest BCUT2D eigenvalue weighted by Crippen LogP contribution is -2.51. The largest absolute Gasteiger partial charge is 0.495 e. The predicted molar refractivity (Wildman–Crippen MR) is 168 cm³/mol. The Morgan fingerprint density at radius 3 is 2.17 bits per heavy atom. The van der Waals surface area contributed by atoms with E-state index in [0.717, 1.165) is 15.4 Å². The minimum absolute atomic E-state index is 0.0134. The van der Waals surface area contributed by atoms with Gasteiger partial charge in [0, 0.05) is 23.1 Å². The lowest BCUT2D eigenvalue weighted by atomic mass is 10.1. The summed E-state index contributed by atoms with van der Waals surface area (Å²) in [5, 5.41) is 3.60. The fraction of sp³-hybridized carbons (Fsp3) is 0.355. The zero-order valence-corrected chi connectivity index (χ0v) is 27.0. The van der Waals surface area contributed by atoms with E-state index in [1.165, 1.54) is 24.1 Å². The molecule has 0 aliphatic rings. The molecule has 226 valence electrons. The van der Waals surface area contributed by atoms with Crippen molar-refractivity contribution in [2.45, 2.75) is 52.1 Å². The highest BCUT2D eigenvalue weighted by atomic mass is 35.5. The van der Waals surface area contributed by atoms with E-state index in [4.69, 9.17) is 27.9 Å². The van der Waals surface area contributed by atoms with E-state index < -0.39 is 28.5 Å². The summed E-state index contributed by atoms with van der Waals surface area (Å²) in [7, 11) is -2.81. The second-order valence-electron chi connectivity index (χ2n) is 10.6. The third-order valence-electron chi connectivity index (χ3n) is 6.70. The van der Waals surface area contributed by atoms with Crippen LogP contribution in [0.2, 0.25) is 10.0 Å². The number of ether oxygens (including phenoxy) is 1. The molecule has 0 fully saturated rings. The van der Waals surface area contributed by atoms with Gasteiger partial charge in [-0.3, -0.25) is 13.9 Å². The molecule has 8 nitrogen and oxygen atoms in total. The van der Waals surface area contributed by atoms with Gasteiger partial charge in [0.15, 0.2) is 0 Å². The minimum atomic E-state index is -4.24. The van der Waals surface area contributed by atoms with Crippen molar-refractivity contribution in [2.75, 3.05) is 24.5 Å². The summed E-state index contributed by atoms with van der Waals surface area (Å²) in [5.74, 6) is -0.505. The van der Waals surface area contributed by atoms with Crippen molar-refractivity contribution in [1.29, 1.82) is 0 Å². The van der Waals surface area contributed by atoms with E-state index in [1.807, 2.05) is 27.7 Å². The van der Waals surface area contributed by atoms with Crippen LogP contribution in [0.5, 0.6) is 5.75 Å². The van der Waals surface area contributed by atoms with Crippen LogP contribution in [0.25, 0.3) is 0 Å². The number of hydrogen-bond acceptors (Lipinski definition) is 5. The highest BCUT2D eigenvalue weighted by molar-refractivity contribution is 7.92. The van der Waals surface area contributed by atoms with Crippen molar-refractivity contribution >= 4 is 50.7 Å². The van der Waals surface area contributed by atoms with Crippen LogP contribution in [0.1, 0.15) is 37.5 Å². The number of carbonyl (C=O) groups excluding carboxylic acids is 2. The van der Waals surface area contributed by atoms with Gasteiger partial charge in [-0.1, -0.05) is 66.9 Å². The van der Waals surface area contributed by atoms with Gasteiger partial charge in [-0.15, -0.1) is 0 Å². The number of halogens is 2. The molecule has 3 rings (SSSR count). The van der Waals surface area contributed by atoms with Gasteiger partial charge in [0.2, 0.25) is 11.8 Å². The van der Waals surface area contributed by atoms with E-state index in [-0.39, 0.29) is 34.7 Å². The Hall–Kier alpha value is -3.27. The Bertz CT molecular complexity index is 1530. The van der Waals surface area contributed by atoms with Crippen molar-refractivity contribution in [3.63, 3.8) is 0 Å². The van der Waals surface area contributed by atoms with Crippen molar-refractivity contribution in [2.24, 2.45) is 5.92 Å². The highest BCUT2D eigenvalue weighted by Crippen LogP contribution is 2.34. The molecule has 42 heavy (non-hydrogen) atoms. The number of aryl methyl sites for hydroxylation is 2. The standard InChI is InChI=1S/C31H37Cl2N3O5S/c1-20(2)17-34-31(38)23(5)35(18-24-10-11-25(32)16-27(24)33)30(37)19-36(28-15-22(4)9-14-29(28)41-6)42(39,40)26-12-7-21(3)8-13-26/h7-16,20,23H,17-19H2,1-6H3,(H,34,38). The molecule has 0 bridgehead atoms. The Labute approximate surface area is 258 Å². The summed E-state index contributed by atoms with van der Waals surface area (Å²) < 4.78 is 34.7. The van der Waals surface area contributed by atoms with Crippen molar-refractivity contribution < 1.29 is 22.7 Å². The van der Waals surface area contributed by atoms with Gasteiger partial charge in [0.1, 0.15) is 18.3 Å². The van der Waals surface area contributed by atoms with Crippen LogP contribution in [0, 0.1) is 19.8 Å². The number of nitrogens with one attached hydrogen (secondary N) is 1. The molecule has 0 saturated heterocycles. The molecule has 0 aliphatic heterocycles. The fourth-order valence-electron chi connectivity index (χ4n) is 4.21. The molecule has 1 unspecified atom stereocenters. The molecule has 11 heteroatoms. The van der Waals surface area contributed by atoms with Gasteiger partial charge >= 0.3 is 0 Å². The summed E-state index contributed by atoms with van der Waals surface area (Å²) in [6.07, 6.45) is 0. The van der Waals surface area contributed by atoms with Gasteiger partial charge in [0.05, 0.1) is 17.7 Å². The summed E-state index contributed by atoms with van der Waals surface area (Å²) in [4.78, 5) is 28.6. The quantitative estimate of drug-likeness (QED) is 0.264. The summed E-state index contributed by atoms with van der Waals surface area (Å²) in [6, 6.07) is 15.4. The predicted octanol–water partition coefficient (Wildman–Crippen LogP) is 6.00. The second kappa shape index (κ2) is 14.3. The first-order chi connectivity index (χ1) is 19.7. The van der Waals surface area contributed by atoms with E-state index in [2.05, 4.69) is 5.32 Å². The maximum atomic E-state index is 14.1. The van der Waals surface area contributed by atoms with Crippen LogP contribution in [0.4, 0.5) is 5.69 Å². The number of methoxy groups -OCH3 is 1. The number of carbonyl (C=O) groups is 2. The number of sulfonamides is 1. The van der Waals surface area contributed by atoms with Gasteiger partial charge in [-0.2, -0.15) is 0 Å². The summed E-state index contributed by atoms with van der Waals surface area (Å²) in [6.45, 7) is 8.97. The van der Waals surface area contributed by atoms with E-state index in [9.17, 15) is 18.0 Å². The Kier molecular flexibility index (Phi) is 11.3. The molecule has 1 N–H and O–H groups in total. The summed E-state index contributed by atoms with van der Waals surface area (Å²) >= 11 is 12.5. The SMILES string of the molecule is COc1ccc(C)cc1N(CC(=O)N(Cc1ccc(Cl)cc1Cl)C(C)C(=O)NCC(C)C)S(=O)(=O)c1ccc(C)cc1. The van der Waals surface area contributed by atoms with Gasteiger partial charge in [0.25, 0.3) is 10.0 Å². The van der Waals surface area contributed by atoms with Gasteiger partial charge in [-0.05, 0) is 74.2 Å². The zero-order chi connectivity index (χ0) is 31.2. The number of rotatable bonds is 12. The Morgan fingerprint density at radius 2 is 1.57 bits per heavy atom. The van der Waals surface area contributed by atoms with Crippen LogP contribution in [-0.2, 0) is 26.2 Å². The van der Waals surface area contributed by atoms with E-state index >= 15 is 0 Å². The molecular weight excluding hydrogens is 597 g/mol. The molecule has 2 amide bonds. The molecule has 0 radical (unpaired) electrons. The Balaban J connectivity index is 2.10. The van der Waals surface area contributed by atoms with Crippen molar-refractivity contribution in [3.05, 3.63) is 87.4 Å². The first kappa shape index (κ1) is 33.2. The smallest absolute Gasteiger partial charge is 0.264 e. The van der Waals surface area contributed by atoms with Crippen molar-refractivity contribution in [3.8, 4) is 5.75 Å². The minimum Gasteiger partial charge on any atom is -0.495 e. The molecule has 3 aromatic carbocycles. The van der Waals surface area contributed by atoms with Crippen LogP contribution in [0.15, 0.2) is 65.6 Å². The maximum Gasteiger partial charge on any atom is 0.264 e. The molecule has 3 aromatic rings. The fourth-order valence-corrected chi connectivity index (χ4v) is 6.10. The maximum absolute atomic E-state index is 14.1. The monoisotopic (exact) mass is 633 g/mol. The lowest BCUT2D eigenvalue weighted by molar-refractivity contribution is -0.139. The van der Waals surface area contributed by atoms with Gasteiger partial charge in [-0.25, -0.2) is 8.42 Å². The molecule has 0 aromatic heterocycles. The first-order valence-electron chi connectivity index (χ1n) is 13.5. The van der Waals surface area contributed by atoms with E-state index in [1.54, 1.807) is 55.5 Å². The van der Waals surface area contributed by atoms with Crippen LogP contribution in [-0.4, -0.2) is 51.4 Å². The normalized spacial score (nSPS) is 12.1. The number of anilines is 1. The molecule has 0 spiro atoms. The highest BCUT2D eigenvalue weighted by Gasteiger charge is 2.34. The van der Waals surface area contributed by atoms with Crippen LogP contribution in [0.3, 0.4) is 0 Å². The average Bonchev–Trinajstić information content (AvgIpc) is 2.93. The third kappa shape index (κ3) is 8.18. The molecule has 0 aliphatic carbocycles. The topological polar surface area (TPSA) is 96.0 Å². The van der Waals surface area contributed by atoms with Crippen molar-refractivity contribution in [1.82, 2.24) is 10.2 Å².